The van der Waals surface area contributed by atoms with Crippen molar-refractivity contribution in [2.45, 2.75) is 18.8 Å². The molecule has 11 rings (SSSR count). The fourth-order valence-corrected chi connectivity index (χ4v) is 8.94. The monoisotopic (exact) mass is 728 g/mol. The van der Waals surface area contributed by atoms with E-state index < -0.39 is 0 Å². The summed E-state index contributed by atoms with van der Waals surface area (Å²) in [6, 6.07) is 64.6. The molecule has 2 heterocycles. The molecular weight excluding hydrogens is 693 g/mol. The summed E-state index contributed by atoms with van der Waals surface area (Å²) in [5.41, 5.74) is 19.4. The number of aromatic nitrogens is 4. The van der Waals surface area contributed by atoms with Crippen molar-refractivity contribution in [3.8, 4) is 67.4 Å². The lowest BCUT2D eigenvalue weighted by Crippen LogP contribution is -2.05. The molecule has 0 saturated heterocycles. The molecule has 2 aromatic heterocycles. The van der Waals surface area contributed by atoms with E-state index in [9.17, 15) is 0 Å². The van der Waals surface area contributed by atoms with Gasteiger partial charge in [-0.15, -0.1) is 0 Å². The second-order valence-corrected chi connectivity index (χ2v) is 14.9. The van der Waals surface area contributed by atoms with E-state index in [2.05, 4.69) is 140 Å². The molecule has 268 valence electrons. The lowest BCUT2D eigenvalue weighted by atomic mass is 9.84. The summed E-state index contributed by atoms with van der Waals surface area (Å²) in [6.07, 6.45) is 3.38. The molecule has 2 aliphatic rings. The normalized spacial score (nSPS) is 13.4. The van der Waals surface area contributed by atoms with Crippen LogP contribution in [0, 0.1) is 0 Å². The van der Waals surface area contributed by atoms with Crippen LogP contribution >= 0.6 is 0 Å². The Morgan fingerprint density at radius 3 is 1.77 bits per heavy atom. The average Bonchev–Trinajstić information content (AvgIpc) is 3.83. The molecule has 4 heteroatoms. The third-order valence-corrected chi connectivity index (χ3v) is 11.5. The molecule has 57 heavy (non-hydrogen) atoms. The molecule has 0 bridgehead atoms. The maximum absolute atomic E-state index is 5.22. The standard InChI is InChI=1S/C53H36N4/c1-5-15-34(16-6-1)42-31-41(32-47-55-52(36-19-9-3-10-20-36)57-53(56-47)37-21-11-4-12-22-37)51(54-33-42)39-26-27-43-40(30-39)29-38-25-28-46-44-23-13-14-24-45(44)48(50(46)49(38)43)35-17-7-2-8-18-35/h1-28,30-31,33,48H,29,32H2. The molecular formula is C53H36N4. The Balaban J connectivity index is 1.04. The van der Waals surface area contributed by atoms with Gasteiger partial charge in [0.15, 0.2) is 11.6 Å². The molecule has 1 unspecified atom stereocenters. The van der Waals surface area contributed by atoms with Crippen molar-refractivity contribution in [3.05, 3.63) is 227 Å². The van der Waals surface area contributed by atoms with Crippen LogP contribution in [0.25, 0.3) is 67.4 Å². The van der Waals surface area contributed by atoms with E-state index in [4.69, 9.17) is 19.9 Å². The van der Waals surface area contributed by atoms with Gasteiger partial charge in [0.2, 0.25) is 0 Å². The summed E-state index contributed by atoms with van der Waals surface area (Å²) in [5, 5.41) is 0. The first kappa shape index (κ1) is 33.1. The topological polar surface area (TPSA) is 51.6 Å². The Morgan fingerprint density at radius 2 is 1.07 bits per heavy atom. The van der Waals surface area contributed by atoms with Crippen LogP contribution in [0.2, 0.25) is 0 Å². The quantitative estimate of drug-likeness (QED) is 0.164. The highest BCUT2D eigenvalue weighted by atomic mass is 15.0. The largest absolute Gasteiger partial charge is 0.255 e. The maximum atomic E-state index is 5.22. The predicted molar refractivity (Wildman–Crippen MR) is 230 cm³/mol. The molecule has 9 aromatic rings. The molecule has 0 saturated carbocycles. The number of fused-ring (bicyclic) bond motifs is 7. The number of pyridine rings is 1. The summed E-state index contributed by atoms with van der Waals surface area (Å²) in [5.74, 6) is 2.21. The Morgan fingerprint density at radius 1 is 0.456 bits per heavy atom. The zero-order valence-corrected chi connectivity index (χ0v) is 31.2. The second kappa shape index (κ2) is 13.8. The van der Waals surface area contributed by atoms with Crippen LogP contribution in [0.4, 0.5) is 0 Å². The van der Waals surface area contributed by atoms with Crippen molar-refractivity contribution < 1.29 is 0 Å². The number of hydrogen-bond donors (Lipinski definition) is 0. The van der Waals surface area contributed by atoms with Gasteiger partial charge in [0, 0.05) is 40.8 Å². The zero-order chi connectivity index (χ0) is 37.7. The van der Waals surface area contributed by atoms with Crippen molar-refractivity contribution in [2.24, 2.45) is 0 Å². The smallest absolute Gasteiger partial charge is 0.163 e. The zero-order valence-electron chi connectivity index (χ0n) is 31.2. The first-order valence-corrected chi connectivity index (χ1v) is 19.6. The fraction of sp³-hybridized carbons (Fsp3) is 0.0566. The summed E-state index contributed by atoms with van der Waals surface area (Å²) in [6.45, 7) is 0. The molecule has 0 radical (unpaired) electrons. The van der Waals surface area contributed by atoms with E-state index in [1.165, 1.54) is 50.1 Å². The lowest BCUT2D eigenvalue weighted by molar-refractivity contribution is 0.930. The van der Waals surface area contributed by atoms with Crippen molar-refractivity contribution in [3.63, 3.8) is 0 Å². The third-order valence-electron chi connectivity index (χ3n) is 11.5. The fourth-order valence-electron chi connectivity index (χ4n) is 8.94. The minimum Gasteiger partial charge on any atom is -0.255 e. The molecule has 0 fully saturated rings. The summed E-state index contributed by atoms with van der Waals surface area (Å²) in [4.78, 5) is 20.3. The Kier molecular flexibility index (Phi) is 7.99. The Labute approximate surface area is 332 Å². The van der Waals surface area contributed by atoms with Crippen LogP contribution in [0.15, 0.2) is 188 Å². The molecule has 1 atom stereocenters. The van der Waals surface area contributed by atoms with Gasteiger partial charge in [-0.3, -0.25) is 4.98 Å². The molecule has 7 aromatic carbocycles. The first-order valence-electron chi connectivity index (χ1n) is 19.6. The highest BCUT2D eigenvalue weighted by molar-refractivity contribution is 5.93. The summed E-state index contributed by atoms with van der Waals surface area (Å²) >= 11 is 0. The van der Waals surface area contributed by atoms with E-state index in [0.717, 1.165) is 45.5 Å². The number of hydrogen-bond acceptors (Lipinski definition) is 4. The van der Waals surface area contributed by atoms with E-state index in [0.29, 0.717) is 23.9 Å². The molecule has 2 aliphatic carbocycles. The van der Waals surface area contributed by atoms with E-state index >= 15 is 0 Å². The highest BCUT2D eigenvalue weighted by Crippen LogP contribution is 2.55. The van der Waals surface area contributed by atoms with Crippen LogP contribution in [-0.4, -0.2) is 19.9 Å². The second-order valence-electron chi connectivity index (χ2n) is 14.9. The summed E-state index contributed by atoms with van der Waals surface area (Å²) < 4.78 is 0. The van der Waals surface area contributed by atoms with Gasteiger partial charge < -0.3 is 0 Å². The first-order chi connectivity index (χ1) is 28.2. The van der Waals surface area contributed by atoms with Gasteiger partial charge in [-0.05, 0) is 79.8 Å². The van der Waals surface area contributed by atoms with Crippen molar-refractivity contribution >= 4 is 0 Å². The molecule has 0 spiro atoms. The van der Waals surface area contributed by atoms with Crippen LogP contribution < -0.4 is 0 Å². The van der Waals surface area contributed by atoms with Crippen molar-refractivity contribution in [1.29, 1.82) is 0 Å². The number of benzene rings is 7. The maximum Gasteiger partial charge on any atom is 0.163 e. The summed E-state index contributed by atoms with van der Waals surface area (Å²) in [7, 11) is 0. The average molecular weight is 729 g/mol. The van der Waals surface area contributed by atoms with E-state index in [1.807, 2.05) is 48.7 Å². The Bertz CT molecular complexity index is 2890. The number of rotatable bonds is 7. The van der Waals surface area contributed by atoms with Crippen LogP contribution in [-0.2, 0) is 12.8 Å². The van der Waals surface area contributed by atoms with Gasteiger partial charge in [-0.2, -0.15) is 0 Å². The van der Waals surface area contributed by atoms with Gasteiger partial charge in [0.1, 0.15) is 5.82 Å². The molecule has 4 nitrogen and oxygen atoms in total. The van der Waals surface area contributed by atoms with Gasteiger partial charge >= 0.3 is 0 Å². The highest BCUT2D eigenvalue weighted by Gasteiger charge is 2.35. The molecule has 0 aliphatic heterocycles. The van der Waals surface area contributed by atoms with Crippen LogP contribution in [0.5, 0.6) is 0 Å². The van der Waals surface area contributed by atoms with Gasteiger partial charge in [-0.25, -0.2) is 15.0 Å². The van der Waals surface area contributed by atoms with Crippen LogP contribution in [0.3, 0.4) is 0 Å². The Hall–Kier alpha value is -7.30. The number of nitrogens with zero attached hydrogens (tertiary/aromatic N) is 4. The van der Waals surface area contributed by atoms with E-state index in [1.54, 1.807) is 0 Å². The molecule has 0 N–H and O–H groups in total. The third kappa shape index (κ3) is 5.85. The van der Waals surface area contributed by atoms with E-state index in [-0.39, 0.29) is 5.92 Å². The van der Waals surface area contributed by atoms with Crippen molar-refractivity contribution in [2.75, 3.05) is 0 Å². The van der Waals surface area contributed by atoms with Gasteiger partial charge in [-0.1, -0.05) is 170 Å². The van der Waals surface area contributed by atoms with Gasteiger partial charge in [0.05, 0.1) is 5.69 Å². The minimum atomic E-state index is 0.193. The van der Waals surface area contributed by atoms with Crippen molar-refractivity contribution in [1.82, 2.24) is 19.9 Å². The SMILES string of the molecule is c1ccc(-c2cnc(-c3ccc4c(c3)Cc3ccc5c(c3-4)C(c3ccccc3)c3ccccc3-5)c(Cc3nc(-c4ccccc4)nc(-c4ccccc4)n3)c2)cc1. The lowest BCUT2D eigenvalue weighted by Gasteiger charge is -2.18. The predicted octanol–water partition coefficient (Wildman–Crippen LogP) is 12.3. The molecule has 0 amide bonds. The minimum absolute atomic E-state index is 0.193. The van der Waals surface area contributed by atoms with Crippen LogP contribution in [0.1, 0.15) is 45.1 Å². The van der Waals surface area contributed by atoms with Gasteiger partial charge in [0.25, 0.3) is 0 Å².